The number of nitrogens with zero attached hydrogens (tertiary/aromatic N) is 4. The second-order valence-corrected chi connectivity index (χ2v) is 5.47. The minimum atomic E-state index is 0.586. The highest BCUT2D eigenvalue weighted by Gasteiger charge is 2.10. The number of imidazole rings is 1. The predicted molar refractivity (Wildman–Crippen MR) is 78.6 cm³/mol. The molecular weight excluding hydrogens is 272 g/mol. The Morgan fingerprint density at radius 2 is 2.10 bits per heavy atom. The molecule has 6 nitrogen and oxygen atoms in total. The Morgan fingerprint density at radius 1 is 1.25 bits per heavy atom. The molecular formula is C13H14N6S. The van der Waals surface area contributed by atoms with Crippen LogP contribution in [-0.2, 0) is 0 Å². The van der Waals surface area contributed by atoms with Gasteiger partial charge < -0.3 is 9.83 Å². The maximum absolute atomic E-state index is 5.45. The maximum Gasteiger partial charge on any atom is 0.170 e. The van der Waals surface area contributed by atoms with E-state index in [0.29, 0.717) is 5.82 Å². The third-order valence-corrected chi connectivity index (χ3v) is 3.65. The van der Waals surface area contributed by atoms with Crippen molar-refractivity contribution in [2.24, 2.45) is 5.84 Å². The minimum Gasteiger partial charge on any atom is -0.307 e. The molecule has 20 heavy (non-hydrogen) atoms. The van der Waals surface area contributed by atoms with Crippen molar-refractivity contribution in [3.05, 3.63) is 42.0 Å². The molecule has 0 radical (unpaired) electrons. The van der Waals surface area contributed by atoms with Crippen LogP contribution in [0.5, 0.6) is 0 Å². The van der Waals surface area contributed by atoms with Gasteiger partial charge in [0, 0.05) is 18.1 Å². The molecule has 0 saturated carbocycles. The van der Waals surface area contributed by atoms with Crippen LogP contribution in [0, 0.1) is 13.8 Å². The number of fused-ring (bicyclic) bond motifs is 1. The Hall–Kier alpha value is -2.12. The largest absolute Gasteiger partial charge is 0.307 e. The summed E-state index contributed by atoms with van der Waals surface area (Å²) in [6.07, 6.45) is 5.38. The molecule has 0 aliphatic carbocycles. The van der Waals surface area contributed by atoms with Gasteiger partial charge in [-0.1, -0.05) is 0 Å². The Bertz CT molecular complexity index is 746. The van der Waals surface area contributed by atoms with Gasteiger partial charge in [-0.2, -0.15) is 0 Å². The van der Waals surface area contributed by atoms with E-state index in [-0.39, 0.29) is 0 Å². The molecule has 0 aliphatic heterocycles. The van der Waals surface area contributed by atoms with Gasteiger partial charge in [-0.05, 0) is 43.3 Å². The molecule has 7 heteroatoms. The van der Waals surface area contributed by atoms with Gasteiger partial charge in [0.25, 0.3) is 0 Å². The smallest absolute Gasteiger partial charge is 0.170 e. The molecule has 0 unspecified atom stereocenters. The summed E-state index contributed by atoms with van der Waals surface area (Å²) in [5.74, 6) is 6.03. The van der Waals surface area contributed by atoms with E-state index in [2.05, 4.69) is 27.3 Å². The van der Waals surface area contributed by atoms with Crippen LogP contribution in [0.2, 0.25) is 0 Å². The normalized spacial score (nSPS) is 10.9. The van der Waals surface area contributed by atoms with E-state index in [1.54, 1.807) is 12.4 Å². The highest BCUT2D eigenvalue weighted by Crippen LogP contribution is 2.29. The van der Waals surface area contributed by atoms with Crippen molar-refractivity contribution in [1.29, 1.82) is 0 Å². The zero-order valence-electron chi connectivity index (χ0n) is 11.2. The summed E-state index contributed by atoms with van der Waals surface area (Å²) < 4.78 is 1.88. The van der Waals surface area contributed by atoms with Crippen molar-refractivity contribution in [2.75, 3.05) is 5.43 Å². The van der Waals surface area contributed by atoms with E-state index in [4.69, 9.17) is 5.84 Å². The van der Waals surface area contributed by atoms with Crippen molar-refractivity contribution >= 4 is 23.2 Å². The fraction of sp³-hybridized carbons (Fsp3) is 0.154. The van der Waals surface area contributed by atoms with Crippen molar-refractivity contribution in [2.45, 2.75) is 23.9 Å². The number of hydrogen-bond acceptors (Lipinski definition) is 6. The van der Waals surface area contributed by atoms with Crippen molar-refractivity contribution < 1.29 is 0 Å². The van der Waals surface area contributed by atoms with Crippen LogP contribution in [0.3, 0.4) is 0 Å². The zero-order valence-corrected chi connectivity index (χ0v) is 12.0. The number of nitrogens with one attached hydrogen (secondary N) is 1. The summed E-state index contributed by atoms with van der Waals surface area (Å²) >= 11 is 1.48. The molecule has 3 aromatic heterocycles. The number of anilines is 1. The summed E-state index contributed by atoms with van der Waals surface area (Å²) in [7, 11) is 0. The predicted octanol–water partition coefficient (Wildman–Crippen LogP) is 2.18. The average Bonchev–Trinajstić information content (AvgIpc) is 2.85. The first-order chi connectivity index (χ1) is 9.65. The third kappa shape index (κ3) is 2.45. The molecule has 0 aromatic carbocycles. The van der Waals surface area contributed by atoms with Gasteiger partial charge in [0.1, 0.15) is 10.1 Å². The molecule has 3 N–H and O–H groups in total. The summed E-state index contributed by atoms with van der Waals surface area (Å²) in [6.45, 7) is 4.03. The molecule has 0 bridgehead atoms. The van der Waals surface area contributed by atoms with Crippen molar-refractivity contribution in [1.82, 2.24) is 19.4 Å². The number of nitrogens with two attached hydrogens (primary N) is 1. The second kappa shape index (κ2) is 5.10. The summed E-state index contributed by atoms with van der Waals surface area (Å²) in [4.78, 5) is 13.3. The van der Waals surface area contributed by atoms with E-state index >= 15 is 0 Å². The zero-order chi connectivity index (χ0) is 14.1. The number of nitrogen functional groups attached to an aromatic ring is 1. The number of hydrazine groups is 1. The molecule has 102 valence electrons. The Labute approximate surface area is 120 Å². The average molecular weight is 286 g/mol. The van der Waals surface area contributed by atoms with E-state index in [0.717, 1.165) is 21.4 Å². The number of hydrogen-bond donors (Lipinski definition) is 2. The first-order valence-electron chi connectivity index (χ1n) is 6.09. The van der Waals surface area contributed by atoms with E-state index < -0.39 is 0 Å². The number of aromatic nitrogens is 4. The Balaban J connectivity index is 2.07. The van der Waals surface area contributed by atoms with Crippen LogP contribution >= 0.6 is 11.8 Å². The number of aryl methyl sites for hydroxylation is 2. The molecule has 3 aromatic rings. The lowest BCUT2D eigenvalue weighted by Crippen LogP contribution is -2.10. The standard InChI is InChI=1S/C13H14N6S/c1-8-5-9(2)16-11(6-8)20-13-12-15-3-4-19(12)7-10(17-13)18-14/h3-7,18H,14H2,1-2H3. The summed E-state index contributed by atoms with van der Waals surface area (Å²) in [5, 5.41) is 1.66. The SMILES string of the molecule is Cc1cc(C)nc(Sc2nc(NN)cn3ccnc23)c1. The molecule has 0 saturated heterocycles. The molecule has 3 heterocycles. The molecule has 0 amide bonds. The fourth-order valence-electron chi connectivity index (χ4n) is 2.00. The van der Waals surface area contributed by atoms with Gasteiger partial charge in [-0.15, -0.1) is 0 Å². The van der Waals surface area contributed by atoms with Gasteiger partial charge in [0.05, 0.1) is 6.20 Å². The van der Waals surface area contributed by atoms with Crippen molar-refractivity contribution in [3.63, 3.8) is 0 Å². The van der Waals surface area contributed by atoms with Crippen LogP contribution in [0.15, 0.2) is 40.8 Å². The van der Waals surface area contributed by atoms with Gasteiger partial charge in [-0.3, -0.25) is 0 Å². The van der Waals surface area contributed by atoms with E-state index in [1.807, 2.05) is 29.7 Å². The van der Waals surface area contributed by atoms with Crippen LogP contribution in [0.4, 0.5) is 5.82 Å². The van der Waals surface area contributed by atoms with Gasteiger partial charge in [0.2, 0.25) is 0 Å². The van der Waals surface area contributed by atoms with Gasteiger partial charge >= 0.3 is 0 Å². The van der Waals surface area contributed by atoms with Gasteiger partial charge in [-0.25, -0.2) is 20.8 Å². The van der Waals surface area contributed by atoms with E-state index in [1.165, 1.54) is 17.3 Å². The minimum absolute atomic E-state index is 0.586. The monoisotopic (exact) mass is 286 g/mol. The lowest BCUT2D eigenvalue weighted by Gasteiger charge is -2.07. The molecule has 0 fully saturated rings. The maximum atomic E-state index is 5.45. The summed E-state index contributed by atoms with van der Waals surface area (Å²) in [6, 6.07) is 4.07. The molecule has 0 atom stereocenters. The first kappa shape index (κ1) is 12.9. The number of rotatable bonds is 3. The van der Waals surface area contributed by atoms with Crippen LogP contribution in [0.1, 0.15) is 11.3 Å². The van der Waals surface area contributed by atoms with Crippen LogP contribution < -0.4 is 11.3 Å². The highest BCUT2D eigenvalue weighted by molar-refractivity contribution is 7.99. The van der Waals surface area contributed by atoms with E-state index in [9.17, 15) is 0 Å². The van der Waals surface area contributed by atoms with Crippen molar-refractivity contribution in [3.8, 4) is 0 Å². The van der Waals surface area contributed by atoms with Crippen LogP contribution in [0.25, 0.3) is 5.65 Å². The Kier molecular flexibility index (Phi) is 3.29. The quantitative estimate of drug-likeness (QED) is 0.567. The summed E-state index contributed by atoms with van der Waals surface area (Å²) in [5.41, 5.74) is 5.51. The topological polar surface area (TPSA) is 81.1 Å². The first-order valence-corrected chi connectivity index (χ1v) is 6.91. The Morgan fingerprint density at radius 3 is 2.85 bits per heavy atom. The lowest BCUT2D eigenvalue weighted by molar-refractivity contribution is 1.01. The lowest BCUT2D eigenvalue weighted by atomic mass is 10.3. The fourth-order valence-corrected chi connectivity index (χ4v) is 3.02. The number of pyridine rings is 1. The van der Waals surface area contributed by atoms with Gasteiger partial charge in [0.15, 0.2) is 11.5 Å². The molecule has 0 spiro atoms. The molecule has 0 aliphatic rings. The molecule has 3 rings (SSSR count). The van der Waals surface area contributed by atoms with Crippen LogP contribution in [-0.4, -0.2) is 19.4 Å². The third-order valence-electron chi connectivity index (χ3n) is 2.77. The second-order valence-electron chi connectivity index (χ2n) is 4.46. The highest BCUT2D eigenvalue weighted by atomic mass is 32.2.